The second-order valence-corrected chi connectivity index (χ2v) is 7.56. The SMILES string of the molecule is NS(=O)(=O)c1ccc(S(=O)(=O)NC2CCOC2)c(F)c1. The Morgan fingerprint density at radius 1 is 1.30 bits per heavy atom. The zero-order valence-electron chi connectivity index (χ0n) is 10.2. The Hall–Kier alpha value is -1.07. The number of primary sulfonamides is 1. The normalized spacial score (nSPS) is 20.2. The number of sulfonamides is 2. The van der Waals surface area contributed by atoms with Gasteiger partial charge in [-0.15, -0.1) is 0 Å². The first-order valence-corrected chi connectivity index (χ1v) is 8.65. The van der Waals surface area contributed by atoms with Gasteiger partial charge in [-0.25, -0.2) is 31.1 Å². The molecule has 1 fully saturated rings. The number of benzene rings is 1. The Morgan fingerprint density at radius 3 is 2.50 bits per heavy atom. The van der Waals surface area contributed by atoms with Gasteiger partial charge in [0.25, 0.3) is 0 Å². The second-order valence-electron chi connectivity index (χ2n) is 4.32. The summed E-state index contributed by atoms with van der Waals surface area (Å²) in [6.07, 6.45) is 0.496. The van der Waals surface area contributed by atoms with E-state index in [1.807, 2.05) is 0 Å². The molecular weight excluding hydrogens is 311 g/mol. The molecule has 20 heavy (non-hydrogen) atoms. The fourth-order valence-corrected chi connectivity index (χ4v) is 3.63. The molecule has 1 aromatic carbocycles. The summed E-state index contributed by atoms with van der Waals surface area (Å²) in [6, 6.07) is 1.97. The van der Waals surface area contributed by atoms with Crippen LogP contribution in [0.15, 0.2) is 28.0 Å². The predicted molar refractivity (Wildman–Crippen MR) is 67.3 cm³/mol. The lowest BCUT2D eigenvalue weighted by atomic mass is 10.3. The van der Waals surface area contributed by atoms with Crippen molar-refractivity contribution in [3.05, 3.63) is 24.0 Å². The largest absolute Gasteiger partial charge is 0.380 e. The predicted octanol–water partition coefficient (Wildman–Crippen LogP) is -0.460. The lowest BCUT2D eigenvalue weighted by Crippen LogP contribution is -2.35. The summed E-state index contributed by atoms with van der Waals surface area (Å²) in [5.74, 6) is -1.18. The molecule has 1 aliphatic rings. The lowest BCUT2D eigenvalue weighted by Gasteiger charge is -2.12. The Balaban J connectivity index is 2.32. The molecule has 0 aromatic heterocycles. The van der Waals surface area contributed by atoms with E-state index in [4.69, 9.17) is 9.88 Å². The van der Waals surface area contributed by atoms with Gasteiger partial charge in [0, 0.05) is 12.6 Å². The van der Waals surface area contributed by atoms with Crippen LogP contribution in [0.25, 0.3) is 0 Å². The second kappa shape index (κ2) is 5.37. The van der Waals surface area contributed by atoms with Crippen LogP contribution in [0.3, 0.4) is 0 Å². The Kier molecular flexibility index (Phi) is 4.12. The molecule has 1 heterocycles. The quantitative estimate of drug-likeness (QED) is 0.777. The first kappa shape index (κ1) is 15.3. The van der Waals surface area contributed by atoms with Crippen LogP contribution in [0.5, 0.6) is 0 Å². The third kappa shape index (κ3) is 3.33. The lowest BCUT2D eigenvalue weighted by molar-refractivity contribution is 0.192. The molecule has 3 N–H and O–H groups in total. The van der Waals surface area contributed by atoms with Gasteiger partial charge in [0.05, 0.1) is 11.5 Å². The maximum atomic E-state index is 13.8. The molecule has 7 nitrogen and oxygen atoms in total. The summed E-state index contributed by atoms with van der Waals surface area (Å²) in [5.41, 5.74) is 0. The van der Waals surface area contributed by atoms with Crippen LogP contribution in [-0.4, -0.2) is 36.1 Å². The first-order chi connectivity index (χ1) is 9.20. The summed E-state index contributed by atoms with van der Waals surface area (Å²) in [6.45, 7) is 0.649. The molecule has 0 saturated carbocycles. The molecule has 0 radical (unpaired) electrons. The van der Waals surface area contributed by atoms with Crippen LogP contribution in [0.2, 0.25) is 0 Å². The third-order valence-corrected chi connectivity index (χ3v) is 5.24. The number of nitrogens with two attached hydrogens (primary N) is 1. The van der Waals surface area contributed by atoms with Crippen molar-refractivity contribution in [3.8, 4) is 0 Å². The molecule has 0 aliphatic carbocycles. The van der Waals surface area contributed by atoms with Crippen LogP contribution in [0.4, 0.5) is 4.39 Å². The fourth-order valence-electron chi connectivity index (χ4n) is 1.79. The standard InChI is InChI=1S/C10H13FN2O5S2/c11-9-5-8(19(12,14)15)1-2-10(9)20(16,17)13-7-3-4-18-6-7/h1-2,5,7,13H,3-4,6H2,(H2,12,14,15). The summed E-state index contributed by atoms with van der Waals surface area (Å²) in [4.78, 5) is -1.12. The van der Waals surface area contributed by atoms with Crippen LogP contribution >= 0.6 is 0 Å². The van der Waals surface area contributed by atoms with E-state index in [1.54, 1.807) is 0 Å². The van der Waals surface area contributed by atoms with Crippen molar-refractivity contribution in [2.24, 2.45) is 5.14 Å². The molecule has 10 heteroatoms. The molecular formula is C10H13FN2O5S2. The highest BCUT2D eigenvalue weighted by Gasteiger charge is 2.26. The zero-order chi connectivity index (χ0) is 15.0. The van der Waals surface area contributed by atoms with Gasteiger partial charge in [-0.05, 0) is 24.6 Å². The van der Waals surface area contributed by atoms with Crippen molar-refractivity contribution in [1.29, 1.82) is 0 Å². The van der Waals surface area contributed by atoms with E-state index in [1.165, 1.54) is 0 Å². The summed E-state index contributed by atoms with van der Waals surface area (Å²) < 4.78 is 67.2. The van der Waals surface area contributed by atoms with Crippen molar-refractivity contribution in [2.75, 3.05) is 13.2 Å². The Morgan fingerprint density at radius 2 is 2.00 bits per heavy atom. The molecule has 1 atom stereocenters. The number of hydrogen-bond acceptors (Lipinski definition) is 5. The van der Waals surface area contributed by atoms with E-state index in [0.717, 1.165) is 12.1 Å². The molecule has 0 bridgehead atoms. The van der Waals surface area contributed by atoms with Gasteiger partial charge < -0.3 is 4.74 Å². The van der Waals surface area contributed by atoms with E-state index >= 15 is 0 Å². The van der Waals surface area contributed by atoms with Gasteiger partial charge in [-0.3, -0.25) is 0 Å². The molecule has 112 valence electrons. The van der Waals surface area contributed by atoms with E-state index in [-0.39, 0.29) is 6.61 Å². The van der Waals surface area contributed by atoms with Gasteiger partial charge in [0.1, 0.15) is 10.7 Å². The van der Waals surface area contributed by atoms with E-state index < -0.39 is 41.7 Å². The highest BCUT2D eigenvalue weighted by atomic mass is 32.2. The fraction of sp³-hybridized carbons (Fsp3) is 0.400. The van der Waals surface area contributed by atoms with Crippen molar-refractivity contribution in [1.82, 2.24) is 4.72 Å². The van der Waals surface area contributed by atoms with E-state index in [9.17, 15) is 21.2 Å². The van der Waals surface area contributed by atoms with E-state index in [2.05, 4.69) is 4.72 Å². The number of ether oxygens (including phenoxy) is 1. The van der Waals surface area contributed by atoms with Crippen LogP contribution in [0, 0.1) is 5.82 Å². The van der Waals surface area contributed by atoms with Crippen LogP contribution in [-0.2, 0) is 24.8 Å². The molecule has 1 saturated heterocycles. The molecule has 1 unspecified atom stereocenters. The summed E-state index contributed by atoms with van der Waals surface area (Å²) in [5, 5.41) is 4.84. The Bertz CT molecular complexity index is 711. The maximum absolute atomic E-state index is 13.8. The molecule has 1 aliphatic heterocycles. The van der Waals surface area contributed by atoms with Crippen LogP contribution < -0.4 is 9.86 Å². The van der Waals surface area contributed by atoms with Crippen molar-refractivity contribution >= 4 is 20.0 Å². The number of hydrogen-bond donors (Lipinski definition) is 2. The first-order valence-electron chi connectivity index (χ1n) is 5.62. The maximum Gasteiger partial charge on any atom is 0.243 e. The highest BCUT2D eigenvalue weighted by Crippen LogP contribution is 2.19. The minimum absolute atomic E-state index is 0.218. The minimum atomic E-state index is -4.09. The average Bonchev–Trinajstić information content (AvgIpc) is 2.79. The Labute approximate surface area is 116 Å². The monoisotopic (exact) mass is 324 g/mol. The number of halogens is 1. The third-order valence-electron chi connectivity index (χ3n) is 2.77. The van der Waals surface area contributed by atoms with Gasteiger partial charge in [-0.2, -0.15) is 0 Å². The van der Waals surface area contributed by atoms with Crippen LogP contribution in [0.1, 0.15) is 6.42 Å². The van der Waals surface area contributed by atoms with E-state index in [0.29, 0.717) is 19.1 Å². The highest BCUT2D eigenvalue weighted by molar-refractivity contribution is 7.89. The van der Waals surface area contributed by atoms with Gasteiger partial charge >= 0.3 is 0 Å². The molecule has 2 rings (SSSR count). The number of rotatable bonds is 4. The number of nitrogens with one attached hydrogen (secondary N) is 1. The van der Waals surface area contributed by atoms with Crippen molar-refractivity contribution in [3.63, 3.8) is 0 Å². The zero-order valence-corrected chi connectivity index (χ0v) is 11.9. The van der Waals surface area contributed by atoms with Crippen molar-refractivity contribution < 1.29 is 26.0 Å². The smallest absolute Gasteiger partial charge is 0.243 e. The van der Waals surface area contributed by atoms with Gasteiger partial charge in [0.15, 0.2) is 0 Å². The summed E-state index contributed by atoms with van der Waals surface area (Å²) in [7, 11) is -8.16. The topological polar surface area (TPSA) is 116 Å². The summed E-state index contributed by atoms with van der Waals surface area (Å²) >= 11 is 0. The van der Waals surface area contributed by atoms with Crippen molar-refractivity contribution in [2.45, 2.75) is 22.3 Å². The van der Waals surface area contributed by atoms with Gasteiger partial charge in [0.2, 0.25) is 20.0 Å². The molecule has 0 amide bonds. The average molecular weight is 324 g/mol. The molecule has 1 aromatic rings. The molecule has 0 spiro atoms. The van der Waals surface area contributed by atoms with Gasteiger partial charge in [-0.1, -0.05) is 0 Å². The minimum Gasteiger partial charge on any atom is -0.380 e.